The van der Waals surface area contributed by atoms with E-state index in [-0.39, 0.29) is 5.82 Å². The van der Waals surface area contributed by atoms with Gasteiger partial charge in [-0.2, -0.15) is 0 Å². The monoisotopic (exact) mass is 261 g/mol. The van der Waals surface area contributed by atoms with Gasteiger partial charge in [-0.25, -0.2) is 17.1 Å². The lowest BCUT2D eigenvalue weighted by atomic mass is 10.3. The van der Waals surface area contributed by atoms with E-state index in [4.69, 9.17) is 4.74 Å². The van der Waals surface area contributed by atoms with Crippen LogP contribution in [0.3, 0.4) is 0 Å². The molecular weight excluding hydrogens is 245 g/mol. The van der Waals surface area contributed by atoms with E-state index in [9.17, 15) is 12.8 Å². The van der Waals surface area contributed by atoms with Crippen LogP contribution >= 0.6 is 0 Å². The summed E-state index contributed by atoms with van der Waals surface area (Å²) in [4.78, 5) is 0. The molecule has 4 nitrogen and oxygen atoms in total. The Balaban J connectivity index is 2.27. The second kappa shape index (κ2) is 5.97. The Bertz CT molecular complexity index is 444. The molecule has 0 saturated carbocycles. The molecule has 1 aromatic carbocycles. The molecule has 0 N–H and O–H groups in total. The first-order chi connectivity index (χ1) is 7.89. The fourth-order valence-corrected chi connectivity index (χ4v) is 1.63. The van der Waals surface area contributed by atoms with Crippen molar-refractivity contribution in [3.63, 3.8) is 0 Å². The van der Waals surface area contributed by atoms with Gasteiger partial charge in [0, 0.05) is 13.6 Å². The summed E-state index contributed by atoms with van der Waals surface area (Å²) in [6, 6.07) is 5.71. The average molecular weight is 261 g/mol. The number of halogens is 1. The number of hydrogen-bond donors (Lipinski definition) is 0. The second-order valence-corrected chi connectivity index (χ2v) is 5.83. The molecule has 0 saturated heterocycles. The molecule has 0 aliphatic heterocycles. The van der Waals surface area contributed by atoms with E-state index in [0.29, 0.717) is 25.3 Å². The van der Waals surface area contributed by atoms with Crippen molar-refractivity contribution < 1.29 is 17.5 Å². The van der Waals surface area contributed by atoms with Crippen LogP contribution in [0.1, 0.15) is 6.42 Å². The molecule has 96 valence electrons. The van der Waals surface area contributed by atoms with Crippen LogP contribution in [0.2, 0.25) is 0 Å². The van der Waals surface area contributed by atoms with E-state index in [0.717, 1.165) is 6.26 Å². The molecule has 0 bridgehead atoms. The summed E-state index contributed by atoms with van der Waals surface area (Å²) in [6.07, 6.45) is 1.74. The van der Waals surface area contributed by atoms with Crippen molar-refractivity contribution >= 4 is 10.0 Å². The van der Waals surface area contributed by atoms with Crippen molar-refractivity contribution in [2.24, 2.45) is 0 Å². The molecule has 1 rings (SSSR count). The van der Waals surface area contributed by atoms with Gasteiger partial charge in [-0.05, 0) is 30.7 Å². The van der Waals surface area contributed by atoms with Gasteiger partial charge in [0.25, 0.3) is 0 Å². The number of rotatable bonds is 6. The summed E-state index contributed by atoms with van der Waals surface area (Å²) < 4.78 is 41.3. The maximum absolute atomic E-state index is 12.6. The van der Waals surface area contributed by atoms with Gasteiger partial charge in [0.1, 0.15) is 11.6 Å². The standard InChI is InChI=1S/C11H16FNO3S/c1-13(17(2,14)15)8-3-9-16-11-6-4-10(12)5-7-11/h4-7H,3,8-9H2,1-2H3. The SMILES string of the molecule is CN(CCCOc1ccc(F)cc1)S(C)(=O)=O. The number of nitrogens with zero attached hydrogens (tertiary/aromatic N) is 1. The molecule has 0 fully saturated rings. The van der Waals surface area contributed by atoms with Gasteiger partial charge in [-0.15, -0.1) is 0 Å². The lowest BCUT2D eigenvalue weighted by Gasteiger charge is -2.13. The van der Waals surface area contributed by atoms with Gasteiger partial charge < -0.3 is 4.74 Å². The Labute approximate surface area is 101 Å². The van der Waals surface area contributed by atoms with E-state index in [1.807, 2.05) is 0 Å². The summed E-state index contributed by atoms with van der Waals surface area (Å²) in [5.41, 5.74) is 0. The summed E-state index contributed by atoms with van der Waals surface area (Å²) in [5.74, 6) is 0.266. The highest BCUT2D eigenvalue weighted by Crippen LogP contribution is 2.11. The Kier molecular flexibility index (Phi) is 4.89. The van der Waals surface area contributed by atoms with Crippen LogP contribution in [0.25, 0.3) is 0 Å². The highest BCUT2D eigenvalue weighted by Gasteiger charge is 2.09. The Morgan fingerprint density at radius 1 is 1.29 bits per heavy atom. The maximum atomic E-state index is 12.6. The summed E-state index contributed by atoms with van der Waals surface area (Å²) >= 11 is 0. The van der Waals surface area contributed by atoms with Crippen LogP contribution in [-0.2, 0) is 10.0 Å². The summed E-state index contributed by atoms with van der Waals surface area (Å²) in [6.45, 7) is 0.797. The molecule has 0 aromatic heterocycles. The first-order valence-electron chi connectivity index (χ1n) is 5.19. The summed E-state index contributed by atoms with van der Waals surface area (Å²) in [7, 11) is -1.60. The third kappa shape index (κ3) is 5.14. The van der Waals surface area contributed by atoms with Crippen LogP contribution < -0.4 is 4.74 Å². The largest absolute Gasteiger partial charge is 0.494 e. The van der Waals surface area contributed by atoms with Gasteiger partial charge in [0.05, 0.1) is 12.9 Å². The molecule has 1 aromatic rings. The number of hydrogen-bond acceptors (Lipinski definition) is 3. The molecule has 0 unspecified atom stereocenters. The smallest absolute Gasteiger partial charge is 0.210 e. The topological polar surface area (TPSA) is 46.6 Å². The van der Waals surface area contributed by atoms with Crippen molar-refractivity contribution in [3.8, 4) is 5.75 Å². The number of sulfonamides is 1. The number of ether oxygens (including phenoxy) is 1. The van der Waals surface area contributed by atoms with Gasteiger partial charge in [-0.1, -0.05) is 0 Å². The Morgan fingerprint density at radius 2 is 1.88 bits per heavy atom. The number of benzene rings is 1. The van der Waals surface area contributed by atoms with Gasteiger partial charge in [-0.3, -0.25) is 0 Å². The van der Waals surface area contributed by atoms with Crippen molar-refractivity contribution in [2.45, 2.75) is 6.42 Å². The zero-order valence-corrected chi connectivity index (χ0v) is 10.7. The quantitative estimate of drug-likeness (QED) is 0.729. The molecule has 17 heavy (non-hydrogen) atoms. The van der Waals surface area contributed by atoms with Crippen LogP contribution in [0.5, 0.6) is 5.75 Å². The fraction of sp³-hybridized carbons (Fsp3) is 0.455. The first kappa shape index (κ1) is 13.9. The third-order valence-corrected chi connectivity index (χ3v) is 3.58. The fourth-order valence-electron chi connectivity index (χ4n) is 1.17. The summed E-state index contributed by atoms with van der Waals surface area (Å²) in [5, 5.41) is 0. The van der Waals surface area contributed by atoms with Crippen LogP contribution in [0.4, 0.5) is 4.39 Å². The maximum Gasteiger partial charge on any atom is 0.210 e. The Morgan fingerprint density at radius 3 is 2.41 bits per heavy atom. The molecular formula is C11H16FNO3S. The van der Waals surface area contributed by atoms with Crippen molar-refractivity contribution in [3.05, 3.63) is 30.1 Å². The Hall–Kier alpha value is -1.14. The molecule has 0 radical (unpaired) electrons. The van der Waals surface area contributed by atoms with Crippen molar-refractivity contribution in [1.82, 2.24) is 4.31 Å². The predicted octanol–water partition coefficient (Wildman–Crippen LogP) is 1.49. The van der Waals surface area contributed by atoms with Crippen molar-refractivity contribution in [2.75, 3.05) is 26.5 Å². The molecule has 0 amide bonds. The second-order valence-electron chi connectivity index (χ2n) is 3.74. The zero-order valence-electron chi connectivity index (χ0n) is 9.89. The van der Waals surface area contributed by atoms with E-state index < -0.39 is 10.0 Å². The van der Waals surface area contributed by atoms with E-state index in [1.165, 1.54) is 35.6 Å². The van der Waals surface area contributed by atoms with Crippen LogP contribution in [-0.4, -0.2) is 39.2 Å². The average Bonchev–Trinajstić information content (AvgIpc) is 2.25. The molecule has 0 spiro atoms. The molecule has 0 aliphatic rings. The van der Waals surface area contributed by atoms with Crippen LogP contribution in [0.15, 0.2) is 24.3 Å². The van der Waals surface area contributed by atoms with Gasteiger partial charge in [0.15, 0.2) is 0 Å². The minimum Gasteiger partial charge on any atom is -0.494 e. The van der Waals surface area contributed by atoms with Crippen LogP contribution in [0, 0.1) is 5.82 Å². The lowest BCUT2D eigenvalue weighted by molar-refractivity contribution is 0.296. The normalized spacial score (nSPS) is 11.8. The van der Waals surface area contributed by atoms with E-state index in [1.54, 1.807) is 0 Å². The molecule has 6 heteroatoms. The highest BCUT2D eigenvalue weighted by molar-refractivity contribution is 7.88. The van der Waals surface area contributed by atoms with E-state index in [2.05, 4.69) is 0 Å². The molecule has 0 atom stereocenters. The minimum absolute atomic E-state index is 0.311. The van der Waals surface area contributed by atoms with E-state index >= 15 is 0 Å². The lowest BCUT2D eigenvalue weighted by Crippen LogP contribution is -2.27. The molecule has 0 aliphatic carbocycles. The minimum atomic E-state index is -3.13. The van der Waals surface area contributed by atoms with Gasteiger partial charge in [0.2, 0.25) is 10.0 Å². The predicted molar refractivity (Wildman–Crippen MR) is 64.0 cm³/mol. The third-order valence-electron chi connectivity index (χ3n) is 2.27. The van der Waals surface area contributed by atoms with Crippen molar-refractivity contribution in [1.29, 1.82) is 0 Å². The highest BCUT2D eigenvalue weighted by atomic mass is 32.2. The molecule has 0 heterocycles. The van der Waals surface area contributed by atoms with Gasteiger partial charge >= 0.3 is 0 Å². The zero-order chi connectivity index (χ0) is 12.9. The first-order valence-corrected chi connectivity index (χ1v) is 7.04.